The zero-order chi connectivity index (χ0) is 20.9. The molecule has 0 aliphatic carbocycles. The smallest absolute Gasteiger partial charge is 0.321 e. The molecule has 0 spiro atoms. The molecule has 152 valence electrons. The Labute approximate surface area is 176 Å². The molecular formula is C23H24N6O. The van der Waals surface area contributed by atoms with Crippen molar-refractivity contribution in [3.8, 4) is 12.3 Å². The fraction of sp³-hybridized carbons (Fsp3) is 0.261. The number of aromatic nitrogens is 2. The maximum absolute atomic E-state index is 12.7. The van der Waals surface area contributed by atoms with Gasteiger partial charge in [-0.25, -0.2) is 14.8 Å². The first-order chi connectivity index (χ1) is 14.7. The predicted molar refractivity (Wildman–Crippen MR) is 120 cm³/mol. The zero-order valence-corrected chi connectivity index (χ0v) is 16.9. The van der Waals surface area contributed by atoms with Crippen LogP contribution < -0.4 is 10.6 Å². The summed E-state index contributed by atoms with van der Waals surface area (Å²) in [6.45, 7) is 6.42. The van der Waals surface area contributed by atoms with Crippen LogP contribution in [-0.2, 0) is 0 Å². The molecule has 0 saturated carbocycles. The van der Waals surface area contributed by atoms with Gasteiger partial charge in [-0.1, -0.05) is 18.9 Å². The summed E-state index contributed by atoms with van der Waals surface area (Å²) in [5.41, 5.74) is 3.12. The average Bonchev–Trinajstić information content (AvgIpc) is 2.79. The van der Waals surface area contributed by atoms with Gasteiger partial charge in [-0.05, 0) is 42.9 Å². The fourth-order valence-corrected chi connectivity index (χ4v) is 3.53. The van der Waals surface area contributed by atoms with Crippen LogP contribution in [0.2, 0.25) is 0 Å². The lowest BCUT2D eigenvalue weighted by Crippen LogP contribution is -2.49. The monoisotopic (exact) mass is 400 g/mol. The molecule has 1 aliphatic heterocycles. The van der Waals surface area contributed by atoms with Crippen molar-refractivity contribution in [2.75, 3.05) is 43.4 Å². The van der Waals surface area contributed by atoms with Gasteiger partial charge in [-0.3, -0.25) is 0 Å². The van der Waals surface area contributed by atoms with Crippen molar-refractivity contribution in [1.29, 1.82) is 0 Å². The first-order valence-corrected chi connectivity index (χ1v) is 10.0. The number of rotatable bonds is 4. The minimum Gasteiger partial charge on any atom is -0.340 e. The maximum Gasteiger partial charge on any atom is 0.321 e. The molecule has 7 nitrogen and oxygen atoms in total. The van der Waals surface area contributed by atoms with Crippen LogP contribution in [0, 0.1) is 12.3 Å². The lowest BCUT2D eigenvalue weighted by molar-refractivity contribution is 0.151. The summed E-state index contributed by atoms with van der Waals surface area (Å²) in [5, 5.41) is 7.12. The number of hydrogen-bond acceptors (Lipinski definition) is 5. The molecule has 2 N–H and O–H groups in total. The molecule has 0 radical (unpaired) electrons. The normalized spacial score (nSPS) is 14.3. The van der Waals surface area contributed by atoms with Crippen molar-refractivity contribution in [3.63, 3.8) is 0 Å². The quantitative estimate of drug-likeness (QED) is 0.656. The molecule has 0 atom stereocenters. The van der Waals surface area contributed by atoms with E-state index in [-0.39, 0.29) is 6.03 Å². The Morgan fingerprint density at radius 2 is 1.93 bits per heavy atom. The molecule has 0 unspecified atom stereocenters. The van der Waals surface area contributed by atoms with Crippen molar-refractivity contribution in [3.05, 3.63) is 54.4 Å². The predicted octanol–water partition coefficient (Wildman–Crippen LogP) is 3.52. The molecule has 30 heavy (non-hydrogen) atoms. The molecule has 1 aromatic heterocycles. The van der Waals surface area contributed by atoms with Crippen LogP contribution in [0.3, 0.4) is 0 Å². The lowest BCUT2D eigenvalue weighted by atomic mass is 10.2. The molecule has 4 rings (SSSR count). The van der Waals surface area contributed by atoms with Gasteiger partial charge in [-0.15, -0.1) is 6.42 Å². The largest absolute Gasteiger partial charge is 0.340 e. The van der Waals surface area contributed by atoms with E-state index < -0.39 is 0 Å². The second-order valence-electron chi connectivity index (χ2n) is 7.16. The summed E-state index contributed by atoms with van der Waals surface area (Å²) in [6.07, 6.45) is 7.01. The van der Waals surface area contributed by atoms with E-state index in [0.29, 0.717) is 11.5 Å². The Hall–Kier alpha value is -3.63. The molecule has 2 aromatic carbocycles. The van der Waals surface area contributed by atoms with Gasteiger partial charge in [0, 0.05) is 48.5 Å². The topological polar surface area (TPSA) is 73.4 Å². The molecule has 1 aliphatic rings. The number of benzene rings is 2. The van der Waals surface area contributed by atoms with Crippen LogP contribution in [0.15, 0.2) is 48.8 Å². The summed E-state index contributed by atoms with van der Waals surface area (Å²) in [6, 6.07) is 13.1. The van der Waals surface area contributed by atoms with Crippen LogP contribution >= 0.6 is 0 Å². The summed E-state index contributed by atoms with van der Waals surface area (Å²) < 4.78 is 0. The van der Waals surface area contributed by atoms with Gasteiger partial charge in [0.2, 0.25) is 0 Å². The first-order valence-electron chi connectivity index (χ1n) is 10.0. The number of nitrogens with one attached hydrogen (secondary N) is 2. The van der Waals surface area contributed by atoms with Gasteiger partial charge in [0.25, 0.3) is 0 Å². The SMILES string of the molecule is C#Cc1cccc(Nc2ncnc3ccc(NC(=O)N4CCN(CC)CC4)cc23)c1. The van der Waals surface area contributed by atoms with Crippen molar-refractivity contribution < 1.29 is 4.79 Å². The fourth-order valence-electron chi connectivity index (χ4n) is 3.53. The highest BCUT2D eigenvalue weighted by Crippen LogP contribution is 2.26. The molecule has 7 heteroatoms. The Kier molecular flexibility index (Phi) is 5.77. The highest BCUT2D eigenvalue weighted by atomic mass is 16.2. The second-order valence-corrected chi connectivity index (χ2v) is 7.16. The van der Waals surface area contributed by atoms with Gasteiger partial charge in [-0.2, -0.15) is 0 Å². The van der Waals surface area contributed by atoms with Crippen molar-refractivity contribution in [1.82, 2.24) is 19.8 Å². The molecule has 3 aromatic rings. The summed E-state index contributed by atoms with van der Waals surface area (Å²) in [5.74, 6) is 3.29. The van der Waals surface area contributed by atoms with Gasteiger partial charge in [0.05, 0.1) is 5.52 Å². The van der Waals surface area contributed by atoms with Crippen LogP contribution in [0.1, 0.15) is 12.5 Å². The van der Waals surface area contributed by atoms with Gasteiger partial charge >= 0.3 is 6.03 Å². The molecule has 1 fully saturated rings. The number of fused-ring (bicyclic) bond motifs is 1. The van der Waals surface area contributed by atoms with Gasteiger partial charge in [0.1, 0.15) is 12.1 Å². The van der Waals surface area contributed by atoms with Crippen LogP contribution in [0.4, 0.5) is 22.0 Å². The first kappa shape index (κ1) is 19.7. The third kappa shape index (κ3) is 4.34. The van der Waals surface area contributed by atoms with Crippen molar-refractivity contribution >= 4 is 34.1 Å². The second kappa shape index (κ2) is 8.80. The Morgan fingerprint density at radius 1 is 1.10 bits per heavy atom. The van der Waals surface area contributed by atoms with E-state index in [1.54, 1.807) is 0 Å². The number of carbonyl (C=O) groups excluding carboxylic acids is 1. The highest BCUT2D eigenvalue weighted by molar-refractivity contribution is 5.96. The molecule has 0 bridgehead atoms. The number of likely N-dealkylation sites (N-methyl/N-ethyl adjacent to an activating group) is 1. The number of nitrogens with zero attached hydrogens (tertiary/aromatic N) is 4. The summed E-state index contributed by atoms with van der Waals surface area (Å²) in [4.78, 5) is 25.6. The summed E-state index contributed by atoms with van der Waals surface area (Å²) >= 11 is 0. The van der Waals surface area contributed by atoms with Crippen LogP contribution in [0.5, 0.6) is 0 Å². The Balaban J connectivity index is 1.54. The molecule has 2 heterocycles. The lowest BCUT2D eigenvalue weighted by Gasteiger charge is -2.34. The third-order valence-electron chi connectivity index (χ3n) is 5.29. The van der Waals surface area contributed by atoms with E-state index in [1.807, 2.05) is 47.4 Å². The maximum atomic E-state index is 12.7. The number of piperazine rings is 1. The van der Waals surface area contributed by atoms with Crippen LogP contribution in [0.25, 0.3) is 10.9 Å². The van der Waals surface area contributed by atoms with Crippen molar-refractivity contribution in [2.45, 2.75) is 6.92 Å². The van der Waals surface area contributed by atoms with Gasteiger partial charge < -0.3 is 20.4 Å². The number of amides is 2. The number of hydrogen-bond donors (Lipinski definition) is 2. The average molecular weight is 400 g/mol. The number of urea groups is 1. The van der Waals surface area contributed by atoms with Crippen molar-refractivity contribution in [2.24, 2.45) is 0 Å². The minimum atomic E-state index is -0.0850. The van der Waals surface area contributed by atoms with Gasteiger partial charge in [0.15, 0.2) is 0 Å². The van der Waals surface area contributed by atoms with E-state index in [4.69, 9.17) is 6.42 Å². The van der Waals surface area contributed by atoms with E-state index >= 15 is 0 Å². The Bertz CT molecular complexity index is 1100. The van der Waals surface area contributed by atoms with E-state index in [2.05, 4.69) is 38.3 Å². The standard InChI is InChI=1S/C23H24N6O/c1-3-17-6-5-7-18(14-17)26-22-20-15-19(8-9-21(20)24-16-25-22)27-23(30)29-12-10-28(4-2)11-13-29/h1,5-9,14-16H,4,10-13H2,2H3,(H,27,30)(H,24,25,26). The number of anilines is 3. The highest BCUT2D eigenvalue weighted by Gasteiger charge is 2.20. The van der Waals surface area contributed by atoms with E-state index in [9.17, 15) is 4.79 Å². The number of terminal acetylenes is 1. The third-order valence-corrected chi connectivity index (χ3v) is 5.29. The number of carbonyl (C=O) groups is 1. The van der Waals surface area contributed by atoms with E-state index in [1.165, 1.54) is 6.33 Å². The van der Waals surface area contributed by atoms with E-state index in [0.717, 1.165) is 54.9 Å². The zero-order valence-electron chi connectivity index (χ0n) is 16.9. The molecule has 1 saturated heterocycles. The molecule has 2 amide bonds. The summed E-state index contributed by atoms with van der Waals surface area (Å²) in [7, 11) is 0. The van der Waals surface area contributed by atoms with Crippen LogP contribution in [-0.4, -0.2) is 58.5 Å². The Morgan fingerprint density at radius 3 is 2.70 bits per heavy atom. The molecular weight excluding hydrogens is 376 g/mol. The minimum absolute atomic E-state index is 0.0850.